The van der Waals surface area contributed by atoms with E-state index in [9.17, 15) is 0 Å². The Kier molecular flexibility index (Phi) is 11.6. The van der Waals surface area contributed by atoms with Crippen LogP contribution in [0.5, 0.6) is 0 Å². The molecule has 0 aliphatic carbocycles. The summed E-state index contributed by atoms with van der Waals surface area (Å²) in [5.74, 6) is 0. The highest BCUT2D eigenvalue weighted by Crippen LogP contribution is 2.05. The summed E-state index contributed by atoms with van der Waals surface area (Å²) in [4.78, 5) is 0. The number of hydrogen-bond acceptors (Lipinski definition) is 1. The molecule has 0 saturated carbocycles. The van der Waals surface area contributed by atoms with E-state index in [0.29, 0.717) is 6.42 Å². The Balaban J connectivity index is 3.13. The first kappa shape index (κ1) is 13.7. The van der Waals surface area contributed by atoms with E-state index in [1.807, 2.05) is 6.08 Å². The maximum atomic E-state index is 8.34. The molecule has 0 bridgehead atoms. The number of hydrogen-bond donors (Lipinski definition) is 0. The zero-order valence-electron chi connectivity index (χ0n) is 9.49. The predicted molar refractivity (Wildman–Crippen MR) is 66.4 cm³/mol. The Labute approximate surface area is 93.8 Å². The van der Waals surface area contributed by atoms with Crippen LogP contribution < -0.4 is 0 Å². The molecule has 0 amide bonds. The fraction of sp³-hybridized carbons (Fsp3) is 0.500. The zero-order valence-corrected chi connectivity index (χ0v) is 9.49. The van der Waals surface area contributed by atoms with Crippen molar-refractivity contribution < 1.29 is 0 Å². The lowest BCUT2D eigenvalue weighted by Crippen LogP contribution is -1.76. The summed E-state index contributed by atoms with van der Waals surface area (Å²) in [5.41, 5.74) is 0. The lowest BCUT2D eigenvalue weighted by atomic mass is 10.1. The van der Waals surface area contributed by atoms with Crippen LogP contribution in [0.4, 0.5) is 0 Å². The standard InChI is InChI=1S/C14H21N/c1-2-3-4-5-6-7-8-9-10-11-12-13-14-15/h2-4,6-7H,1,5,8-13H2/b4-3+,7-6+. The molecule has 82 valence electrons. The monoisotopic (exact) mass is 203 g/mol. The molecule has 1 heteroatoms. The largest absolute Gasteiger partial charge is 0.198 e. The Morgan fingerprint density at radius 2 is 1.80 bits per heavy atom. The second-order valence-electron chi connectivity index (χ2n) is 3.48. The molecular formula is C14H21N. The van der Waals surface area contributed by atoms with Crippen molar-refractivity contribution in [1.82, 2.24) is 0 Å². The molecule has 0 radical (unpaired) electrons. The average Bonchev–Trinajstić information content (AvgIpc) is 2.26. The van der Waals surface area contributed by atoms with Crippen LogP contribution in [-0.4, -0.2) is 0 Å². The Morgan fingerprint density at radius 1 is 1.00 bits per heavy atom. The van der Waals surface area contributed by atoms with Gasteiger partial charge >= 0.3 is 0 Å². The fourth-order valence-electron chi connectivity index (χ4n) is 1.29. The van der Waals surface area contributed by atoms with Crippen molar-refractivity contribution in [2.24, 2.45) is 0 Å². The molecule has 15 heavy (non-hydrogen) atoms. The van der Waals surface area contributed by atoms with Gasteiger partial charge in [0, 0.05) is 6.42 Å². The number of unbranched alkanes of at least 4 members (excludes halogenated alkanes) is 5. The Morgan fingerprint density at radius 3 is 2.53 bits per heavy atom. The van der Waals surface area contributed by atoms with Crippen LogP contribution in [-0.2, 0) is 0 Å². The zero-order chi connectivity index (χ0) is 11.2. The van der Waals surface area contributed by atoms with Crippen molar-refractivity contribution >= 4 is 0 Å². The van der Waals surface area contributed by atoms with Gasteiger partial charge in [0.05, 0.1) is 6.07 Å². The smallest absolute Gasteiger partial charge is 0.0621 e. The normalized spacial score (nSPS) is 10.9. The van der Waals surface area contributed by atoms with Crippen molar-refractivity contribution in [3.63, 3.8) is 0 Å². The van der Waals surface area contributed by atoms with Crippen LogP contribution in [0.3, 0.4) is 0 Å². The minimum atomic E-state index is 0.711. The van der Waals surface area contributed by atoms with Crippen LogP contribution in [0.1, 0.15) is 44.9 Å². The molecule has 0 aliphatic rings. The summed E-state index contributed by atoms with van der Waals surface area (Å²) in [6.45, 7) is 3.61. The minimum absolute atomic E-state index is 0.711. The maximum Gasteiger partial charge on any atom is 0.0621 e. The van der Waals surface area contributed by atoms with Crippen LogP contribution >= 0.6 is 0 Å². The van der Waals surface area contributed by atoms with Crippen LogP contribution in [0, 0.1) is 11.3 Å². The van der Waals surface area contributed by atoms with Gasteiger partial charge in [0.15, 0.2) is 0 Å². The lowest BCUT2D eigenvalue weighted by Gasteiger charge is -1.94. The van der Waals surface area contributed by atoms with E-state index in [4.69, 9.17) is 5.26 Å². The van der Waals surface area contributed by atoms with Gasteiger partial charge in [-0.1, -0.05) is 49.8 Å². The summed E-state index contributed by atoms with van der Waals surface area (Å²) in [7, 11) is 0. The first-order valence-corrected chi connectivity index (χ1v) is 5.71. The minimum Gasteiger partial charge on any atom is -0.198 e. The third kappa shape index (κ3) is 12.7. The fourth-order valence-corrected chi connectivity index (χ4v) is 1.29. The van der Waals surface area contributed by atoms with Crippen LogP contribution in [0.2, 0.25) is 0 Å². The molecule has 0 aromatic rings. The summed E-state index contributed by atoms with van der Waals surface area (Å²) in [6.07, 6.45) is 17.9. The van der Waals surface area contributed by atoms with Gasteiger partial charge < -0.3 is 0 Å². The number of rotatable bonds is 9. The van der Waals surface area contributed by atoms with E-state index in [1.165, 1.54) is 19.3 Å². The molecule has 0 spiro atoms. The van der Waals surface area contributed by atoms with Crippen molar-refractivity contribution in [1.29, 1.82) is 5.26 Å². The van der Waals surface area contributed by atoms with Gasteiger partial charge in [-0.2, -0.15) is 5.26 Å². The molecule has 1 nitrogen and oxygen atoms in total. The predicted octanol–water partition coefficient (Wildman–Crippen LogP) is 4.54. The van der Waals surface area contributed by atoms with Crippen LogP contribution in [0.25, 0.3) is 0 Å². The van der Waals surface area contributed by atoms with Crippen molar-refractivity contribution in [3.8, 4) is 6.07 Å². The van der Waals surface area contributed by atoms with Gasteiger partial charge in [0.1, 0.15) is 0 Å². The molecule has 0 aromatic carbocycles. The molecule has 0 fully saturated rings. The Bertz CT molecular complexity index is 230. The molecule has 0 saturated heterocycles. The number of nitriles is 1. The van der Waals surface area contributed by atoms with E-state index in [-0.39, 0.29) is 0 Å². The topological polar surface area (TPSA) is 23.8 Å². The van der Waals surface area contributed by atoms with Crippen molar-refractivity contribution in [3.05, 3.63) is 37.0 Å². The van der Waals surface area contributed by atoms with E-state index < -0.39 is 0 Å². The first-order valence-electron chi connectivity index (χ1n) is 5.71. The van der Waals surface area contributed by atoms with Gasteiger partial charge in [-0.05, 0) is 25.7 Å². The molecule has 0 atom stereocenters. The molecule has 0 aromatic heterocycles. The molecule has 0 rings (SSSR count). The van der Waals surface area contributed by atoms with Gasteiger partial charge in [0.25, 0.3) is 0 Å². The summed E-state index contributed by atoms with van der Waals surface area (Å²) >= 11 is 0. The van der Waals surface area contributed by atoms with E-state index >= 15 is 0 Å². The number of nitrogens with zero attached hydrogens (tertiary/aromatic N) is 1. The molecule has 0 N–H and O–H groups in total. The third-order valence-corrected chi connectivity index (χ3v) is 2.12. The van der Waals surface area contributed by atoms with E-state index in [2.05, 4.69) is 30.9 Å². The summed E-state index contributed by atoms with van der Waals surface area (Å²) < 4.78 is 0. The van der Waals surface area contributed by atoms with Gasteiger partial charge in [-0.15, -0.1) is 0 Å². The van der Waals surface area contributed by atoms with E-state index in [0.717, 1.165) is 19.3 Å². The highest BCUT2D eigenvalue weighted by molar-refractivity contribution is 5.00. The SMILES string of the molecule is C=C/C=C/C/C=C/CCCCCCC#N. The molecule has 0 heterocycles. The molecule has 0 aliphatic heterocycles. The third-order valence-electron chi connectivity index (χ3n) is 2.12. The summed E-state index contributed by atoms with van der Waals surface area (Å²) in [5, 5.41) is 8.34. The second-order valence-corrected chi connectivity index (χ2v) is 3.48. The quantitative estimate of drug-likeness (QED) is 0.306. The molecular weight excluding hydrogens is 182 g/mol. The van der Waals surface area contributed by atoms with Gasteiger partial charge in [0.2, 0.25) is 0 Å². The Hall–Kier alpha value is -1.29. The lowest BCUT2D eigenvalue weighted by molar-refractivity contribution is 0.654. The maximum absolute atomic E-state index is 8.34. The molecule has 0 unspecified atom stereocenters. The second kappa shape index (κ2) is 12.7. The average molecular weight is 203 g/mol. The number of allylic oxidation sites excluding steroid dienone is 5. The highest BCUT2D eigenvalue weighted by atomic mass is 14.2. The van der Waals surface area contributed by atoms with E-state index in [1.54, 1.807) is 6.08 Å². The first-order chi connectivity index (χ1) is 7.41. The van der Waals surface area contributed by atoms with Gasteiger partial charge in [-0.3, -0.25) is 0 Å². The summed E-state index contributed by atoms with van der Waals surface area (Å²) in [6, 6.07) is 2.17. The van der Waals surface area contributed by atoms with Crippen molar-refractivity contribution in [2.45, 2.75) is 44.9 Å². The van der Waals surface area contributed by atoms with Gasteiger partial charge in [-0.25, -0.2) is 0 Å². The van der Waals surface area contributed by atoms with Crippen molar-refractivity contribution in [2.75, 3.05) is 0 Å². The highest BCUT2D eigenvalue weighted by Gasteiger charge is 1.87. The van der Waals surface area contributed by atoms with Crippen LogP contribution in [0.15, 0.2) is 37.0 Å².